The van der Waals surface area contributed by atoms with Gasteiger partial charge in [-0.2, -0.15) is 0 Å². The number of hydrogen-bond donors (Lipinski definition) is 0. The van der Waals surface area contributed by atoms with E-state index in [0.717, 1.165) is 6.26 Å². The van der Waals surface area contributed by atoms with Crippen LogP contribution >= 0.6 is 0 Å². The lowest BCUT2D eigenvalue weighted by atomic mass is 10.4. The molecule has 0 aromatic carbocycles. The first-order valence-corrected chi connectivity index (χ1v) is 3.79. The molecule has 0 saturated carbocycles. The first-order valence-electron chi connectivity index (χ1n) is 2.46. The van der Waals surface area contributed by atoms with Gasteiger partial charge in [-0.1, -0.05) is 6.92 Å². The zero-order chi connectivity index (χ0) is 6.91. The van der Waals surface area contributed by atoms with Crippen LogP contribution in [0.3, 0.4) is 0 Å². The maximum Gasteiger partial charge on any atom is 0.500 e. The van der Waals surface area contributed by atoms with Crippen molar-refractivity contribution in [2.45, 2.75) is 13.3 Å². The van der Waals surface area contributed by atoms with Gasteiger partial charge in [0.05, 0.1) is 0 Å². The van der Waals surface area contributed by atoms with Crippen molar-refractivity contribution in [3.05, 3.63) is 12.0 Å². The Labute approximate surface area is 53.4 Å². The van der Waals surface area contributed by atoms with Crippen molar-refractivity contribution in [3.63, 3.8) is 0 Å². The van der Waals surface area contributed by atoms with Crippen LogP contribution in [0.15, 0.2) is 12.0 Å². The van der Waals surface area contributed by atoms with Crippen molar-refractivity contribution >= 4 is 10.4 Å². The van der Waals surface area contributed by atoms with Crippen LogP contribution in [0.25, 0.3) is 0 Å². The van der Waals surface area contributed by atoms with Gasteiger partial charge in [0.2, 0.25) is 0 Å². The van der Waals surface area contributed by atoms with Gasteiger partial charge in [0.1, 0.15) is 6.26 Å². The predicted octanol–water partition coefficient (Wildman–Crippen LogP) is 0.529. The molecule has 0 radical (unpaired) electrons. The third kappa shape index (κ3) is 1.35. The van der Waals surface area contributed by atoms with Crippen LogP contribution in [0.1, 0.15) is 13.3 Å². The third-order valence-electron chi connectivity index (χ3n) is 0.855. The lowest BCUT2D eigenvalue weighted by Gasteiger charge is -1.92. The van der Waals surface area contributed by atoms with E-state index in [4.69, 9.17) is 0 Å². The normalized spacial score (nSPS) is 22.1. The fourth-order valence-corrected chi connectivity index (χ4v) is 1.11. The molecule has 0 unspecified atom stereocenters. The summed E-state index contributed by atoms with van der Waals surface area (Å²) in [4.78, 5) is 0. The van der Waals surface area contributed by atoms with E-state index in [2.05, 4.69) is 8.37 Å². The molecule has 9 heavy (non-hydrogen) atoms. The van der Waals surface area contributed by atoms with E-state index >= 15 is 0 Å². The zero-order valence-corrected chi connectivity index (χ0v) is 5.64. The summed E-state index contributed by atoms with van der Waals surface area (Å²) in [6, 6.07) is 0. The molecule has 0 atom stereocenters. The maximum absolute atomic E-state index is 10.3. The van der Waals surface area contributed by atoms with Gasteiger partial charge in [0.15, 0.2) is 5.76 Å². The van der Waals surface area contributed by atoms with Crippen molar-refractivity contribution in [3.8, 4) is 0 Å². The quantitative estimate of drug-likeness (QED) is 0.547. The molecule has 0 saturated heterocycles. The highest BCUT2D eigenvalue weighted by atomic mass is 32.3. The molecule has 1 rings (SSSR count). The van der Waals surface area contributed by atoms with Crippen LogP contribution in [0.2, 0.25) is 0 Å². The van der Waals surface area contributed by atoms with E-state index in [-0.39, 0.29) is 0 Å². The van der Waals surface area contributed by atoms with Crippen molar-refractivity contribution in [1.29, 1.82) is 0 Å². The molecule has 5 heteroatoms. The average molecular weight is 150 g/mol. The molecule has 0 aliphatic carbocycles. The second-order valence-corrected chi connectivity index (χ2v) is 2.70. The van der Waals surface area contributed by atoms with Crippen LogP contribution in [0.5, 0.6) is 0 Å². The van der Waals surface area contributed by atoms with Crippen molar-refractivity contribution in [2.75, 3.05) is 0 Å². The molecular formula is C4H6O4S. The van der Waals surface area contributed by atoms with Crippen LogP contribution in [-0.2, 0) is 18.8 Å². The minimum atomic E-state index is -3.70. The molecule has 0 aromatic heterocycles. The fourth-order valence-electron chi connectivity index (χ4n) is 0.425. The molecule has 4 nitrogen and oxygen atoms in total. The SMILES string of the molecule is CCC1=COS(=O)(=O)O1. The molecule has 0 amide bonds. The van der Waals surface area contributed by atoms with E-state index in [1.54, 1.807) is 6.92 Å². The first kappa shape index (κ1) is 6.41. The minimum absolute atomic E-state index is 0.343. The largest absolute Gasteiger partial charge is 0.500 e. The Hall–Kier alpha value is -0.710. The maximum atomic E-state index is 10.3. The highest BCUT2D eigenvalue weighted by Gasteiger charge is 2.20. The lowest BCUT2D eigenvalue weighted by Crippen LogP contribution is -1.97. The van der Waals surface area contributed by atoms with Crippen LogP contribution in [-0.4, -0.2) is 8.42 Å². The van der Waals surface area contributed by atoms with E-state index in [1.165, 1.54) is 0 Å². The zero-order valence-electron chi connectivity index (χ0n) is 4.83. The molecule has 0 fully saturated rings. The molecule has 1 heterocycles. The van der Waals surface area contributed by atoms with Crippen molar-refractivity contribution in [1.82, 2.24) is 0 Å². The highest BCUT2D eigenvalue weighted by molar-refractivity contribution is 7.82. The van der Waals surface area contributed by atoms with E-state index in [9.17, 15) is 8.42 Å². The topological polar surface area (TPSA) is 52.6 Å². The van der Waals surface area contributed by atoms with Gasteiger partial charge in [-0.05, 0) is 0 Å². The monoisotopic (exact) mass is 150 g/mol. The van der Waals surface area contributed by atoms with Crippen molar-refractivity contribution < 1.29 is 16.8 Å². The molecule has 0 spiro atoms. The molecule has 1 aliphatic rings. The summed E-state index contributed by atoms with van der Waals surface area (Å²) in [6.45, 7) is 1.77. The Kier molecular flexibility index (Phi) is 1.36. The van der Waals surface area contributed by atoms with Gasteiger partial charge in [0.25, 0.3) is 0 Å². The van der Waals surface area contributed by atoms with Gasteiger partial charge in [-0.15, -0.1) is 8.42 Å². The summed E-state index contributed by atoms with van der Waals surface area (Å²) in [5, 5.41) is 0. The summed E-state index contributed by atoms with van der Waals surface area (Å²) in [5.74, 6) is 0.343. The summed E-state index contributed by atoms with van der Waals surface area (Å²) in [6.07, 6.45) is 1.62. The van der Waals surface area contributed by atoms with Crippen LogP contribution in [0, 0.1) is 0 Å². The van der Waals surface area contributed by atoms with Crippen LogP contribution < -0.4 is 0 Å². The van der Waals surface area contributed by atoms with E-state index < -0.39 is 10.4 Å². The predicted molar refractivity (Wildman–Crippen MR) is 29.5 cm³/mol. The van der Waals surface area contributed by atoms with Gasteiger partial charge in [-0.25, -0.2) is 0 Å². The van der Waals surface area contributed by atoms with E-state index in [0.29, 0.717) is 12.2 Å². The highest BCUT2D eigenvalue weighted by Crippen LogP contribution is 2.17. The molecule has 0 N–H and O–H groups in total. The van der Waals surface area contributed by atoms with Crippen molar-refractivity contribution in [2.24, 2.45) is 0 Å². The lowest BCUT2D eigenvalue weighted by molar-refractivity contribution is 0.363. The van der Waals surface area contributed by atoms with Gasteiger partial charge in [-0.3, -0.25) is 0 Å². The second-order valence-electron chi connectivity index (χ2n) is 1.53. The fraction of sp³-hybridized carbons (Fsp3) is 0.500. The number of hydrogen-bond acceptors (Lipinski definition) is 4. The Morgan fingerprint density at radius 2 is 2.33 bits per heavy atom. The minimum Gasteiger partial charge on any atom is -0.357 e. The first-order chi connectivity index (χ1) is 4.14. The Balaban J connectivity index is 2.71. The molecule has 1 aliphatic heterocycles. The van der Waals surface area contributed by atoms with Gasteiger partial charge < -0.3 is 8.37 Å². The second kappa shape index (κ2) is 1.91. The van der Waals surface area contributed by atoms with Crippen LogP contribution in [0.4, 0.5) is 0 Å². The summed E-state index contributed by atoms with van der Waals surface area (Å²) >= 11 is 0. The number of rotatable bonds is 1. The molecule has 52 valence electrons. The number of allylic oxidation sites excluding steroid dienone is 1. The average Bonchev–Trinajstić information content (AvgIpc) is 2.10. The standard InChI is InChI=1S/C4H6O4S/c1-2-4-3-7-9(5,6)8-4/h3H,2H2,1H3. The van der Waals surface area contributed by atoms with Gasteiger partial charge in [0, 0.05) is 6.42 Å². The molecular weight excluding hydrogens is 144 g/mol. The summed E-state index contributed by atoms with van der Waals surface area (Å²) in [7, 11) is -3.70. The van der Waals surface area contributed by atoms with Gasteiger partial charge >= 0.3 is 10.4 Å². The summed E-state index contributed by atoms with van der Waals surface area (Å²) in [5.41, 5.74) is 0. The Bertz CT molecular complexity index is 225. The molecule has 0 aromatic rings. The Morgan fingerprint density at radius 1 is 1.67 bits per heavy atom. The Morgan fingerprint density at radius 3 is 2.56 bits per heavy atom. The third-order valence-corrected chi connectivity index (χ3v) is 1.61. The van der Waals surface area contributed by atoms with E-state index in [1.807, 2.05) is 0 Å². The molecule has 0 bridgehead atoms. The smallest absolute Gasteiger partial charge is 0.357 e. The summed E-state index contributed by atoms with van der Waals surface area (Å²) < 4.78 is 29.0.